The third-order valence-electron chi connectivity index (χ3n) is 3.38. The van der Waals surface area contributed by atoms with Gasteiger partial charge in [0.05, 0.1) is 21.0 Å². The van der Waals surface area contributed by atoms with E-state index in [0.29, 0.717) is 29.2 Å². The third kappa shape index (κ3) is 3.90. The Morgan fingerprint density at radius 3 is 2.31 bits per heavy atom. The second-order valence-corrected chi connectivity index (χ2v) is 7.67. The van der Waals surface area contributed by atoms with Crippen molar-refractivity contribution < 1.29 is 21.9 Å². The number of pyridine rings is 1. The van der Waals surface area contributed by atoms with Crippen LogP contribution in [0.2, 0.25) is 0 Å². The topological polar surface area (TPSA) is 81.2 Å². The van der Waals surface area contributed by atoms with Crippen LogP contribution in [0.3, 0.4) is 0 Å². The number of alkyl halides is 3. The SMILES string of the molecule is Cc1nc(-c2ccc(N=S(C)(=O)c3ccc(C(F)(F)F)cn3)cc2)no1. The zero-order chi connectivity index (χ0) is 18.9. The van der Waals surface area contributed by atoms with Gasteiger partial charge in [-0.1, -0.05) is 5.16 Å². The molecule has 0 N–H and O–H groups in total. The van der Waals surface area contributed by atoms with Crippen molar-refractivity contribution in [2.75, 3.05) is 6.26 Å². The highest BCUT2D eigenvalue weighted by Crippen LogP contribution is 2.29. The molecule has 0 aliphatic heterocycles. The van der Waals surface area contributed by atoms with Crippen LogP contribution >= 0.6 is 0 Å². The minimum Gasteiger partial charge on any atom is -0.339 e. The van der Waals surface area contributed by atoms with E-state index in [1.807, 2.05) is 0 Å². The Hall–Kier alpha value is -2.75. The lowest BCUT2D eigenvalue weighted by atomic mass is 10.2. The maximum atomic E-state index is 12.7. The van der Waals surface area contributed by atoms with Crippen LogP contribution in [0.4, 0.5) is 18.9 Å². The highest BCUT2D eigenvalue weighted by molar-refractivity contribution is 7.93. The number of nitrogens with zero attached hydrogens (tertiary/aromatic N) is 4. The molecule has 0 spiro atoms. The molecule has 1 aromatic carbocycles. The van der Waals surface area contributed by atoms with Gasteiger partial charge >= 0.3 is 6.18 Å². The van der Waals surface area contributed by atoms with Gasteiger partial charge in [-0.3, -0.25) is 0 Å². The summed E-state index contributed by atoms with van der Waals surface area (Å²) in [6.07, 6.45) is -2.53. The normalized spacial score (nSPS) is 14.0. The summed E-state index contributed by atoms with van der Waals surface area (Å²) >= 11 is 0. The Morgan fingerprint density at radius 1 is 1.12 bits per heavy atom. The predicted octanol–water partition coefficient (Wildman–Crippen LogP) is 4.25. The smallest absolute Gasteiger partial charge is 0.339 e. The van der Waals surface area contributed by atoms with Gasteiger partial charge < -0.3 is 4.52 Å². The van der Waals surface area contributed by atoms with E-state index in [-0.39, 0.29) is 5.03 Å². The average molecular weight is 382 g/mol. The summed E-state index contributed by atoms with van der Waals surface area (Å²) in [5.41, 5.74) is 0.176. The first-order valence-electron chi connectivity index (χ1n) is 7.31. The van der Waals surface area contributed by atoms with Gasteiger partial charge in [0.25, 0.3) is 0 Å². The van der Waals surface area contributed by atoms with Crippen LogP contribution < -0.4 is 0 Å². The van der Waals surface area contributed by atoms with Crippen LogP contribution in [-0.2, 0) is 15.9 Å². The van der Waals surface area contributed by atoms with Crippen molar-refractivity contribution >= 4 is 15.4 Å². The highest BCUT2D eigenvalue weighted by atomic mass is 32.2. The number of rotatable bonds is 3. The lowest BCUT2D eigenvalue weighted by Crippen LogP contribution is -2.07. The van der Waals surface area contributed by atoms with Gasteiger partial charge in [0.1, 0.15) is 5.03 Å². The molecule has 3 aromatic rings. The van der Waals surface area contributed by atoms with E-state index in [4.69, 9.17) is 4.52 Å². The minimum atomic E-state index is -4.50. The van der Waals surface area contributed by atoms with E-state index >= 15 is 0 Å². The first-order chi connectivity index (χ1) is 12.1. The average Bonchev–Trinajstić information content (AvgIpc) is 3.01. The minimum absolute atomic E-state index is 0.0247. The standard InChI is InChI=1S/C16H13F3N4O2S/c1-10-21-15(22-25-10)11-3-6-13(7-4-11)23-26(2,24)14-8-5-12(9-20-14)16(17,18)19/h3-9H,1-2H3. The fraction of sp³-hybridized carbons (Fsp3) is 0.188. The molecule has 6 nitrogen and oxygen atoms in total. The maximum absolute atomic E-state index is 12.7. The molecule has 1 unspecified atom stereocenters. The third-order valence-corrected chi connectivity index (χ3v) is 4.96. The number of benzene rings is 1. The van der Waals surface area contributed by atoms with Crippen molar-refractivity contribution in [3.63, 3.8) is 0 Å². The number of hydrogen-bond acceptors (Lipinski definition) is 6. The molecular formula is C16H13F3N4O2S. The summed E-state index contributed by atoms with van der Waals surface area (Å²) in [5, 5.41) is 3.77. The van der Waals surface area contributed by atoms with E-state index in [2.05, 4.69) is 19.5 Å². The van der Waals surface area contributed by atoms with Gasteiger partial charge in [0, 0.05) is 24.9 Å². The molecule has 2 heterocycles. The van der Waals surface area contributed by atoms with Crippen LogP contribution in [0, 0.1) is 6.92 Å². The molecule has 0 saturated heterocycles. The zero-order valence-corrected chi connectivity index (χ0v) is 14.5. The summed E-state index contributed by atoms with van der Waals surface area (Å²) in [5.74, 6) is 0.842. The predicted molar refractivity (Wildman–Crippen MR) is 88.1 cm³/mol. The van der Waals surface area contributed by atoms with Crippen molar-refractivity contribution in [2.24, 2.45) is 4.36 Å². The van der Waals surface area contributed by atoms with E-state index in [1.165, 1.54) is 6.26 Å². The largest absolute Gasteiger partial charge is 0.417 e. The molecule has 0 amide bonds. The van der Waals surface area contributed by atoms with Gasteiger partial charge in [-0.25, -0.2) is 9.19 Å². The number of hydrogen-bond donors (Lipinski definition) is 0. The van der Waals surface area contributed by atoms with Crippen LogP contribution in [0.25, 0.3) is 11.4 Å². The highest BCUT2D eigenvalue weighted by Gasteiger charge is 2.31. The van der Waals surface area contributed by atoms with E-state index < -0.39 is 21.5 Å². The second-order valence-electron chi connectivity index (χ2n) is 5.46. The molecule has 1 atom stereocenters. The van der Waals surface area contributed by atoms with Gasteiger partial charge in [0.2, 0.25) is 11.7 Å². The summed E-state index contributed by atoms with van der Waals surface area (Å²) in [6.45, 7) is 1.67. The Balaban J connectivity index is 1.89. The quantitative estimate of drug-likeness (QED) is 0.676. The van der Waals surface area contributed by atoms with Gasteiger partial charge in [0.15, 0.2) is 0 Å². The number of halogens is 3. The summed E-state index contributed by atoms with van der Waals surface area (Å²) in [6, 6.07) is 8.48. The molecule has 0 aliphatic carbocycles. The van der Waals surface area contributed by atoms with Crippen molar-refractivity contribution in [3.8, 4) is 11.4 Å². The Kier molecular flexibility index (Phi) is 4.53. The van der Waals surface area contributed by atoms with E-state index in [1.54, 1.807) is 31.2 Å². The molecule has 0 saturated carbocycles. The van der Waals surface area contributed by atoms with Crippen LogP contribution in [0.5, 0.6) is 0 Å². The van der Waals surface area contributed by atoms with Crippen molar-refractivity contribution in [1.82, 2.24) is 15.1 Å². The molecule has 0 aliphatic rings. The molecule has 3 rings (SSSR count). The molecule has 0 bridgehead atoms. The van der Waals surface area contributed by atoms with Gasteiger partial charge in [-0.2, -0.15) is 22.5 Å². The first kappa shape index (κ1) is 18.1. The maximum Gasteiger partial charge on any atom is 0.417 e. The van der Waals surface area contributed by atoms with E-state index in [9.17, 15) is 17.4 Å². The number of aromatic nitrogens is 3. The molecule has 0 fully saturated rings. The van der Waals surface area contributed by atoms with E-state index in [0.717, 1.165) is 12.1 Å². The van der Waals surface area contributed by atoms with Crippen LogP contribution in [-0.4, -0.2) is 25.6 Å². The van der Waals surface area contributed by atoms with Crippen LogP contribution in [0.1, 0.15) is 11.5 Å². The van der Waals surface area contributed by atoms with Crippen molar-refractivity contribution in [3.05, 3.63) is 54.0 Å². The Morgan fingerprint density at radius 2 is 1.81 bits per heavy atom. The molecule has 10 heteroatoms. The summed E-state index contributed by atoms with van der Waals surface area (Å²) in [4.78, 5) is 7.75. The number of aryl methyl sites for hydroxylation is 1. The Bertz CT molecular complexity index is 1030. The second kappa shape index (κ2) is 6.52. The molecule has 2 aromatic heterocycles. The molecule has 136 valence electrons. The summed E-state index contributed by atoms with van der Waals surface area (Å²) in [7, 11) is -3.00. The zero-order valence-electron chi connectivity index (χ0n) is 13.7. The first-order valence-corrected chi connectivity index (χ1v) is 9.24. The lowest BCUT2D eigenvalue weighted by molar-refractivity contribution is -0.137. The van der Waals surface area contributed by atoms with Crippen molar-refractivity contribution in [1.29, 1.82) is 0 Å². The Labute approximate surface area is 147 Å². The van der Waals surface area contributed by atoms with Crippen LogP contribution in [0.15, 0.2) is 56.5 Å². The molecule has 26 heavy (non-hydrogen) atoms. The molecular weight excluding hydrogens is 369 g/mol. The fourth-order valence-corrected chi connectivity index (χ4v) is 3.29. The van der Waals surface area contributed by atoms with Gasteiger partial charge in [-0.15, -0.1) is 0 Å². The van der Waals surface area contributed by atoms with Gasteiger partial charge in [-0.05, 0) is 36.4 Å². The lowest BCUT2D eigenvalue weighted by Gasteiger charge is -2.08. The van der Waals surface area contributed by atoms with Crippen molar-refractivity contribution in [2.45, 2.75) is 18.1 Å². The fourth-order valence-electron chi connectivity index (χ4n) is 2.11. The monoisotopic (exact) mass is 382 g/mol. The molecule has 0 radical (unpaired) electrons. The summed E-state index contributed by atoms with van der Waals surface area (Å²) < 4.78 is 59.5.